The van der Waals surface area contributed by atoms with E-state index in [2.05, 4.69) is 17.4 Å². The van der Waals surface area contributed by atoms with Gasteiger partial charge in [0.15, 0.2) is 5.60 Å². The van der Waals surface area contributed by atoms with Gasteiger partial charge in [0, 0.05) is 54.8 Å². The first-order valence-corrected chi connectivity index (χ1v) is 24.6. The minimum absolute atomic E-state index is 0.0692. The van der Waals surface area contributed by atoms with Gasteiger partial charge in [-0.05, 0) is 66.3 Å². The predicted molar refractivity (Wildman–Crippen MR) is 269 cm³/mol. The number of ether oxygens (including phenoxy) is 2. The van der Waals surface area contributed by atoms with Gasteiger partial charge in [-0.2, -0.15) is 0 Å². The fourth-order valence-corrected chi connectivity index (χ4v) is 10.3. The molecular formula is C57H65ClN4O7. The Morgan fingerprint density at radius 1 is 0.725 bits per heavy atom. The lowest BCUT2D eigenvalue weighted by Gasteiger charge is -2.40. The Hall–Kier alpha value is -6.46. The molecule has 7 rings (SSSR count). The number of rotatable bonds is 17. The van der Waals surface area contributed by atoms with Gasteiger partial charge < -0.3 is 29.5 Å². The van der Waals surface area contributed by atoms with Crippen molar-refractivity contribution in [2.45, 2.75) is 96.4 Å². The molecule has 11 nitrogen and oxygen atoms in total. The lowest BCUT2D eigenvalue weighted by atomic mass is 9.79. The molecule has 0 radical (unpaired) electrons. The third kappa shape index (κ3) is 10.7. The molecule has 0 spiro atoms. The third-order valence-electron chi connectivity index (χ3n) is 14.0. The maximum atomic E-state index is 15.1. The lowest BCUT2D eigenvalue weighted by molar-refractivity contribution is -0.161. The number of likely N-dealkylation sites (tertiary alicyclic amines) is 1. The summed E-state index contributed by atoms with van der Waals surface area (Å²) in [7, 11) is 3.05. The maximum absolute atomic E-state index is 15.1. The minimum atomic E-state index is -1.54. The Bertz CT molecular complexity index is 2570. The molecule has 1 N–H and O–H groups in total. The molecule has 1 saturated heterocycles. The summed E-state index contributed by atoms with van der Waals surface area (Å²) in [5.74, 6) is -3.08. The predicted octanol–water partition coefficient (Wildman–Crippen LogP) is 10.1. The van der Waals surface area contributed by atoms with Gasteiger partial charge in [0.2, 0.25) is 17.7 Å². The van der Waals surface area contributed by atoms with E-state index in [9.17, 15) is 19.2 Å². The van der Waals surface area contributed by atoms with Crippen LogP contribution in [0.2, 0.25) is 5.02 Å². The van der Waals surface area contributed by atoms with Crippen molar-refractivity contribution in [2.75, 3.05) is 33.8 Å². The van der Waals surface area contributed by atoms with Crippen LogP contribution in [0.1, 0.15) is 99.1 Å². The number of fused-ring (bicyclic) bond motifs is 3. The zero-order chi connectivity index (χ0) is 49.4. The zero-order valence-corrected chi connectivity index (χ0v) is 41.6. The van der Waals surface area contributed by atoms with Crippen LogP contribution in [-0.2, 0) is 34.3 Å². The van der Waals surface area contributed by atoms with Crippen LogP contribution in [0.25, 0.3) is 11.1 Å². The van der Waals surface area contributed by atoms with Crippen molar-refractivity contribution in [3.05, 3.63) is 166 Å². The number of esters is 1. The van der Waals surface area contributed by atoms with E-state index >= 15 is 4.79 Å². The second-order valence-electron chi connectivity index (χ2n) is 18.9. The number of benzene rings is 5. The molecule has 1 aliphatic carbocycles. The molecule has 4 amide bonds. The summed E-state index contributed by atoms with van der Waals surface area (Å²) >= 11 is 6.98. The lowest BCUT2D eigenvalue weighted by Crippen LogP contribution is -2.60. The third-order valence-corrected chi connectivity index (χ3v) is 14.4. The van der Waals surface area contributed by atoms with Crippen molar-refractivity contribution in [2.24, 2.45) is 11.8 Å². The number of aryl methyl sites for hydroxylation is 1. The number of amides is 4. The molecule has 0 bridgehead atoms. The second kappa shape index (κ2) is 22.3. The first-order valence-electron chi connectivity index (χ1n) is 24.2. The highest BCUT2D eigenvalue weighted by Gasteiger charge is 2.45. The van der Waals surface area contributed by atoms with Crippen LogP contribution in [0.15, 0.2) is 127 Å². The minimum Gasteiger partial charge on any atom is -0.449 e. The molecular weight excluding hydrogens is 888 g/mol. The SMILES string of the molecule is CC[C@H](C)[C@H](NC(=O)OCC1c2ccccc2-c2ccccc21)C(=O)N(C)[C@H](C(=O)N(C)[C@@H](CC(=O)OC(c1ccccc1)(c1ccc(C)cc1)c1ccccc1Cl)C(=O)N1CCCCC1)C(C)C. The Labute approximate surface area is 412 Å². The first-order chi connectivity index (χ1) is 33.2. The van der Waals surface area contributed by atoms with Gasteiger partial charge in [0.05, 0.1) is 6.42 Å². The highest BCUT2D eigenvalue weighted by Crippen LogP contribution is 2.46. The van der Waals surface area contributed by atoms with Crippen LogP contribution in [-0.4, -0.2) is 96.4 Å². The van der Waals surface area contributed by atoms with Crippen molar-refractivity contribution >= 4 is 41.4 Å². The molecule has 1 heterocycles. The highest BCUT2D eigenvalue weighted by atomic mass is 35.5. The largest absolute Gasteiger partial charge is 0.449 e. The van der Waals surface area contributed by atoms with Crippen LogP contribution in [0.5, 0.6) is 0 Å². The number of hydrogen-bond acceptors (Lipinski definition) is 7. The molecule has 69 heavy (non-hydrogen) atoms. The molecule has 0 saturated carbocycles. The summed E-state index contributed by atoms with van der Waals surface area (Å²) in [5.41, 5.74) is 5.61. The topological polar surface area (TPSA) is 126 Å². The van der Waals surface area contributed by atoms with Crippen LogP contribution in [0.4, 0.5) is 4.79 Å². The van der Waals surface area contributed by atoms with E-state index in [-0.39, 0.29) is 24.3 Å². The normalized spacial score (nSPS) is 15.9. The number of nitrogens with one attached hydrogen (secondary N) is 1. The van der Waals surface area contributed by atoms with E-state index in [1.54, 1.807) is 18.0 Å². The van der Waals surface area contributed by atoms with Gasteiger partial charge in [-0.3, -0.25) is 19.2 Å². The van der Waals surface area contributed by atoms with Crippen molar-refractivity contribution in [1.82, 2.24) is 20.0 Å². The summed E-state index contributed by atoms with van der Waals surface area (Å²) < 4.78 is 12.6. The second-order valence-corrected chi connectivity index (χ2v) is 19.3. The van der Waals surface area contributed by atoms with Gasteiger partial charge in [0.1, 0.15) is 24.7 Å². The highest BCUT2D eigenvalue weighted by molar-refractivity contribution is 6.31. The molecule has 5 aromatic rings. The summed E-state index contributed by atoms with van der Waals surface area (Å²) in [4.78, 5) is 77.5. The Balaban J connectivity index is 1.15. The monoisotopic (exact) mass is 952 g/mol. The average Bonchev–Trinajstić information content (AvgIpc) is 3.69. The summed E-state index contributed by atoms with van der Waals surface area (Å²) in [6.45, 7) is 10.4. The molecule has 362 valence electrons. The van der Waals surface area contributed by atoms with Crippen LogP contribution < -0.4 is 5.32 Å². The molecule has 2 aliphatic rings. The molecule has 1 unspecified atom stereocenters. The van der Waals surface area contributed by atoms with E-state index in [0.717, 1.165) is 47.1 Å². The Morgan fingerprint density at radius 3 is 1.88 bits per heavy atom. The van der Waals surface area contributed by atoms with Crippen molar-refractivity contribution in [3.63, 3.8) is 0 Å². The molecule has 5 atom stereocenters. The van der Waals surface area contributed by atoms with E-state index in [1.807, 2.05) is 144 Å². The number of halogens is 1. The van der Waals surface area contributed by atoms with Crippen molar-refractivity contribution in [1.29, 1.82) is 0 Å². The molecule has 1 fully saturated rings. The molecule has 5 aromatic carbocycles. The summed E-state index contributed by atoms with van der Waals surface area (Å²) in [6, 6.07) is 37.0. The van der Waals surface area contributed by atoms with E-state index in [4.69, 9.17) is 21.1 Å². The fourth-order valence-electron chi connectivity index (χ4n) is 10.0. The number of likely N-dealkylation sites (N-methyl/N-ethyl adjacent to an activating group) is 2. The maximum Gasteiger partial charge on any atom is 0.407 e. The van der Waals surface area contributed by atoms with Crippen LogP contribution in [0, 0.1) is 18.8 Å². The number of hydrogen-bond donors (Lipinski definition) is 1. The van der Waals surface area contributed by atoms with Crippen LogP contribution >= 0.6 is 11.6 Å². The number of nitrogens with zero attached hydrogens (tertiary/aromatic N) is 3. The van der Waals surface area contributed by atoms with E-state index < -0.39 is 59.9 Å². The number of carbonyl (C=O) groups is 5. The van der Waals surface area contributed by atoms with Crippen molar-refractivity contribution in [3.8, 4) is 11.1 Å². The van der Waals surface area contributed by atoms with Crippen LogP contribution in [0.3, 0.4) is 0 Å². The Morgan fingerprint density at radius 2 is 1.29 bits per heavy atom. The van der Waals surface area contributed by atoms with E-state index in [0.29, 0.717) is 41.2 Å². The molecule has 1 aliphatic heterocycles. The smallest absolute Gasteiger partial charge is 0.407 e. The number of carbonyl (C=O) groups excluding carboxylic acids is 5. The summed E-state index contributed by atoms with van der Waals surface area (Å²) in [5, 5.41) is 3.23. The fraction of sp³-hybridized carbons (Fsp3) is 0.386. The number of alkyl carbamates (subject to hydrolysis) is 1. The van der Waals surface area contributed by atoms with Gasteiger partial charge in [-0.25, -0.2) is 4.79 Å². The van der Waals surface area contributed by atoms with Gasteiger partial charge in [-0.1, -0.05) is 173 Å². The number of piperidine rings is 1. The molecule has 12 heteroatoms. The molecule has 0 aromatic heterocycles. The standard InChI is InChI=1S/C57H65ClN4O7/c1-8-39(5)51(59-56(67)68-36-46-44-25-15-13-23-42(44)43-24-14-16-26-45(43)46)54(65)61(7)52(37(2)3)55(66)60(6)49(53(64)62-33-19-10-20-34-62)35-50(63)69-57(40-21-11-9-12-22-40,41-31-29-38(4)30-32-41)47-27-17-18-28-48(47)58/h9,11-18,21-32,37,39,46,49,51-52H,8,10,19-20,33-36H2,1-7H3,(H,59,67)/t39-,49-,51-,52-,57?/m0/s1. The summed E-state index contributed by atoms with van der Waals surface area (Å²) in [6.07, 6.45) is 1.86. The van der Waals surface area contributed by atoms with Crippen molar-refractivity contribution < 1.29 is 33.4 Å². The van der Waals surface area contributed by atoms with Gasteiger partial charge in [0.25, 0.3) is 0 Å². The zero-order valence-electron chi connectivity index (χ0n) is 40.8. The quantitative estimate of drug-likeness (QED) is 0.0727. The Kier molecular flexibility index (Phi) is 16.3. The first kappa shape index (κ1) is 50.4. The van der Waals surface area contributed by atoms with Gasteiger partial charge in [-0.15, -0.1) is 0 Å². The average molecular weight is 954 g/mol. The van der Waals surface area contributed by atoms with Gasteiger partial charge >= 0.3 is 12.1 Å². The van der Waals surface area contributed by atoms with E-state index in [1.165, 1.54) is 16.8 Å².